The van der Waals surface area contributed by atoms with Crippen LogP contribution in [0.2, 0.25) is 5.02 Å². The number of esters is 1. The number of carbonyl (C=O) groups is 1. The molecule has 1 rings (SSSR count). The van der Waals surface area contributed by atoms with Crippen molar-refractivity contribution in [3.63, 3.8) is 0 Å². The second-order valence-corrected chi connectivity index (χ2v) is 3.16. The average Bonchev–Trinajstić information content (AvgIpc) is 2.22. The van der Waals surface area contributed by atoms with E-state index in [1.165, 1.54) is 0 Å². The Kier molecular flexibility index (Phi) is 3.60. The molecule has 3 nitrogen and oxygen atoms in total. The maximum atomic E-state index is 13.3. The Hall–Kier alpha value is -1.20. The minimum absolute atomic E-state index is 0.300. The molecule has 0 aliphatic rings. The lowest BCUT2D eigenvalue weighted by Gasteiger charge is -2.12. The molecular formula is C9H8ClF2NO2. The number of rotatable bonds is 2. The quantitative estimate of drug-likeness (QED) is 0.628. The highest BCUT2D eigenvalue weighted by molar-refractivity contribution is 6.30. The van der Waals surface area contributed by atoms with Crippen molar-refractivity contribution in [1.82, 2.24) is 0 Å². The monoisotopic (exact) mass is 235 g/mol. The number of hydrogen-bond donors (Lipinski definition) is 1. The van der Waals surface area contributed by atoms with Crippen molar-refractivity contribution in [1.29, 1.82) is 0 Å². The van der Waals surface area contributed by atoms with Crippen molar-refractivity contribution in [2.75, 3.05) is 7.11 Å². The van der Waals surface area contributed by atoms with Crippen molar-refractivity contribution in [2.45, 2.75) is 6.04 Å². The molecule has 0 bridgehead atoms. The van der Waals surface area contributed by atoms with Crippen LogP contribution in [0.25, 0.3) is 0 Å². The molecule has 1 aromatic rings. The van der Waals surface area contributed by atoms with E-state index in [9.17, 15) is 13.6 Å². The van der Waals surface area contributed by atoms with Gasteiger partial charge < -0.3 is 10.5 Å². The van der Waals surface area contributed by atoms with Gasteiger partial charge in [-0.25, -0.2) is 8.78 Å². The van der Waals surface area contributed by atoms with Gasteiger partial charge in [0.05, 0.1) is 17.7 Å². The first-order valence-corrected chi connectivity index (χ1v) is 4.33. The van der Waals surface area contributed by atoms with E-state index in [4.69, 9.17) is 17.3 Å². The van der Waals surface area contributed by atoms with Crippen molar-refractivity contribution >= 4 is 17.6 Å². The van der Waals surface area contributed by atoms with E-state index in [1.54, 1.807) is 0 Å². The number of halogens is 3. The second kappa shape index (κ2) is 4.55. The van der Waals surface area contributed by atoms with Crippen molar-refractivity contribution < 1.29 is 18.3 Å². The van der Waals surface area contributed by atoms with Gasteiger partial charge in [-0.15, -0.1) is 0 Å². The van der Waals surface area contributed by atoms with Gasteiger partial charge in [-0.1, -0.05) is 11.6 Å². The molecule has 0 aliphatic carbocycles. The lowest BCUT2D eigenvalue weighted by molar-refractivity contribution is -0.142. The molecule has 0 aliphatic heterocycles. The minimum Gasteiger partial charge on any atom is -0.468 e. The SMILES string of the molecule is COC(=O)C(N)c1c(F)ccc(Cl)c1F. The molecule has 0 aromatic heterocycles. The van der Waals surface area contributed by atoms with Gasteiger partial charge in [-0.3, -0.25) is 4.79 Å². The first-order valence-electron chi connectivity index (χ1n) is 3.95. The van der Waals surface area contributed by atoms with Gasteiger partial charge in [0.25, 0.3) is 0 Å². The highest BCUT2D eigenvalue weighted by Crippen LogP contribution is 2.25. The summed E-state index contributed by atoms with van der Waals surface area (Å²) in [5.41, 5.74) is 4.72. The molecule has 0 radical (unpaired) electrons. The molecule has 0 saturated carbocycles. The van der Waals surface area contributed by atoms with Gasteiger partial charge in [0.15, 0.2) is 0 Å². The van der Waals surface area contributed by atoms with Crippen LogP contribution < -0.4 is 5.73 Å². The lowest BCUT2D eigenvalue weighted by Crippen LogP contribution is -2.25. The van der Waals surface area contributed by atoms with Gasteiger partial charge in [0.1, 0.15) is 17.7 Å². The van der Waals surface area contributed by atoms with Crippen molar-refractivity contribution in [3.8, 4) is 0 Å². The molecular weight excluding hydrogens is 228 g/mol. The third kappa shape index (κ3) is 2.24. The van der Waals surface area contributed by atoms with Crippen molar-refractivity contribution in [3.05, 3.63) is 34.4 Å². The maximum Gasteiger partial charge on any atom is 0.327 e. The molecule has 2 N–H and O–H groups in total. The van der Waals surface area contributed by atoms with Crippen LogP contribution in [-0.4, -0.2) is 13.1 Å². The number of carbonyl (C=O) groups excluding carboxylic acids is 1. The Morgan fingerprint density at radius 3 is 2.67 bits per heavy atom. The maximum absolute atomic E-state index is 13.3. The first kappa shape index (κ1) is 11.9. The van der Waals surface area contributed by atoms with Gasteiger partial charge >= 0.3 is 5.97 Å². The Bertz CT molecular complexity index is 398. The fourth-order valence-corrected chi connectivity index (χ4v) is 1.24. The molecule has 1 atom stereocenters. The fourth-order valence-electron chi connectivity index (χ4n) is 1.07. The third-order valence-corrected chi connectivity index (χ3v) is 2.14. The number of ether oxygens (including phenoxy) is 1. The zero-order valence-corrected chi connectivity index (χ0v) is 8.52. The van der Waals surface area contributed by atoms with Crippen LogP contribution in [0.4, 0.5) is 8.78 Å². The summed E-state index contributed by atoms with van der Waals surface area (Å²) in [6.45, 7) is 0. The Labute approximate surface area is 89.8 Å². The number of hydrogen-bond acceptors (Lipinski definition) is 3. The predicted molar refractivity (Wildman–Crippen MR) is 50.3 cm³/mol. The van der Waals surface area contributed by atoms with Gasteiger partial charge in [-0.05, 0) is 12.1 Å². The Morgan fingerprint density at radius 2 is 2.13 bits per heavy atom. The van der Waals surface area contributed by atoms with Crippen molar-refractivity contribution in [2.24, 2.45) is 5.73 Å². The van der Waals surface area contributed by atoms with Crippen LogP contribution in [-0.2, 0) is 9.53 Å². The van der Waals surface area contributed by atoms with E-state index in [1.807, 2.05) is 0 Å². The zero-order chi connectivity index (χ0) is 11.6. The van der Waals surface area contributed by atoms with Crippen LogP contribution in [0.3, 0.4) is 0 Å². The fraction of sp³-hybridized carbons (Fsp3) is 0.222. The van der Waals surface area contributed by atoms with E-state index in [2.05, 4.69) is 4.74 Å². The lowest BCUT2D eigenvalue weighted by atomic mass is 10.1. The van der Waals surface area contributed by atoms with Crippen LogP contribution in [0.15, 0.2) is 12.1 Å². The minimum atomic E-state index is -1.52. The normalized spacial score (nSPS) is 12.3. The van der Waals surface area contributed by atoms with Crippen LogP contribution in [0.5, 0.6) is 0 Å². The summed E-state index contributed by atoms with van der Waals surface area (Å²) in [5, 5.41) is -0.300. The highest BCUT2D eigenvalue weighted by Gasteiger charge is 2.25. The molecule has 0 fully saturated rings. The molecule has 1 unspecified atom stereocenters. The smallest absolute Gasteiger partial charge is 0.327 e. The molecule has 82 valence electrons. The molecule has 0 amide bonds. The summed E-state index contributed by atoms with van der Waals surface area (Å²) in [7, 11) is 1.07. The first-order chi connectivity index (χ1) is 6.99. The highest BCUT2D eigenvalue weighted by atomic mass is 35.5. The summed E-state index contributed by atoms with van der Waals surface area (Å²) in [6, 6.07) is 0.456. The third-order valence-electron chi connectivity index (χ3n) is 1.85. The summed E-state index contributed by atoms with van der Waals surface area (Å²) in [6.07, 6.45) is 0. The molecule has 6 heteroatoms. The van der Waals surface area contributed by atoms with E-state index >= 15 is 0 Å². The van der Waals surface area contributed by atoms with E-state index in [0.29, 0.717) is 0 Å². The van der Waals surface area contributed by atoms with Crippen LogP contribution in [0.1, 0.15) is 11.6 Å². The standard InChI is InChI=1S/C9H8ClF2NO2/c1-15-9(14)8(13)6-5(11)3-2-4(10)7(6)12/h2-3,8H,13H2,1H3. The summed E-state index contributed by atoms with van der Waals surface area (Å²) < 4.78 is 30.8. The molecule has 15 heavy (non-hydrogen) atoms. The topological polar surface area (TPSA) is 52.3 Å². The van der Waals surface area contributed by atoms with Gasteiger partial charge in [0.2, 0.25) is 0 Å². The van der Waals surface area contributed by atoms with Crippen LogP contribution in [0, 0.1) is 11.6 Å². The van der Waals surface area contributed by atoms with E-state index < -0.39 is 29.2 Å². The van der Waals surface area contributed by atoms with E-state index in [-0.39, 0.29) is 5.02 Å². The van der Waals surface area contributed by atoms with Gasteiger partial charge in [0, 0.05) is 0 Å². The summed E-state index contributed by atoms with van der Waals surface area (Å²) >= 11 is 5.43. The summed E-state index contributed by atoms with van der Waals surface area (Å²) in [4.78, 5) is 11.0. The molecule has 0 heterocycles. The molecule has 0 spiro atoms. The summed E-state index contributed by atoms with van der Waals surface area (Å²) in [5.74, 6) is -2.92. The zero-order valence-electron chi connectivity index (χ0n) is 7.76. The predicted octanol–water partition coefficient (Wildman–Crippen LogP) is 1.79. The van der Waals surface area contributed by atoms with Crippen LogP contribution >= 0.6 is 11.6 Å². The number of nitrogens with two attached hydrogens (primary N) is 1. The van der Waals surface area contributed by atoms with E-state index in [0.717, 1.165) is 19.2 Å². The number of methoxy groups -OCH3 is 1. The molecule has 1 aromatic carbocycles. The number of benzene rings is 1. The Balaban J connectivity index is 3.24. The Morgan fingerprint density at radius 1 is 1.53 bits per heavy atom. The van der Waals surface area contributed by atoms with Gasteiger partial charge in [-0.2, -0.15) is 0 Å². The largest absolute Gasteiger partial charge is 0.468 e. The average molecular weight is 236 g/mol. The second-order valence-electron chi connectivity index (χ2n) is 2.76. The molecule has 0 saturated heterocycles.